The molecule has 2 aromatic heterocycles. The summed E-state index contributed by atoms with van der Waals surface area (Å²) in [6, 6.07) is 8.96. The van der Waals surface area contributed by atoms with Gasteiger partial charge in [-0.15, -0.1) is 0 Å². The first kappa shape index (κ1) is 20.9. The van der Waals surface area contributed by atoms with Crippen molar-refractivity contribution < 1.29 is 23.0 Å². The van der Waals surface area contributed by atoms with Gasteiger partial charge in [-0.25, -0.2) is 13.8 Å². The Morgan fingerprint density at radius 2 is 1.74 bits per heavy atom. The maximum absolute atomic E-state index is 14.9. The normalized spacial score (nSPS) is 11.0. The number of hydrogen-bond acceptors (Lipinski definition) is 4. The second-order valence-electron chi connectivity index (χ2n) is 6.88. The Morgan fingerprint density at radius 3 is 2.48 bits per heavy atom. The Morgan fingerprint density at radius 1 is 0.935 bits per heavy atom. The SMILES string of the molecule is COc1cnc2[nH]cc(Cc3cc(OC)c(OCc4ccc(Cl)cc4F)cc3F)c2c1. The summed E-state index contributed by atoms with van der Waals surface area (Å²) in [6.07, 6.45) is 3.71. The summed E-state index contributed by atoms with van der Waals surface area (Å²) < 4.78 is 45.1. The molecule has 0 amide bonds. The summed E-state index contributed by atoms with van der Waals surface area (Å²) in [5.74, 6) is 0.191. The van der Waals surface area contributed by atoms with E-state index >= 15 is 0 Å². The highest BCUT2D eigenvalue weighted by molar-refractivity contribution is 6.30. The molecular weight excluding hydrogens is 426 g/mol. The summed E-state index contributed by atoms with van der Waals surface area (Å²) in [5.41, 5.74) is 2.27. The van der Waals surface area contributed by atoms with Gasteiger partial charge in [0, 0.05) is 34.7 Å². The van der Waals surface area contributed by atoms with Gasteiger partial charge in [-0.2, -0.15) is 0 Å². The lowest BCUT2D eigenvalue weighted by Crippen LogP contribution is -2.02. The van der Waals surface area contributed by atoms with E-state index in [9.17, 15) is 8.78 Å². The van der Waals surface area contributed by atoms with Crippen molar-refractivity contribution in [2.45, 2.75) is 13.0 Å². The fraction of sp³-hybridized carbons (Fsp3) is 0.174. The topological polar surface area (TPSA) is 56.4 Å². The number of nitrogens with one attached hydrogen (secondary N) is 1. The first-order chi connectivity index (χ1) is 15.0. The summed E-state index contributed by atoms with van der Waals surface area (Å²) in [4.78, 5) is 7.37. The third-order valence-corrected chi connectivity index (χ3v) is 5.17. The molecule has 0 saturated heterocycles. The average Bonchev–Trinajstić information content (AvgIpc) is 3.16. The minimum atomic E-state index is -0.494. The van der Waals surface area contributed by atoms with Crippen LogP contribution in [0.25, 0.3) is 11.0 Å². The zero-order valence-electron chi connectivity index (χ0n) is 16.8. The molecule has 31 heavy (non-hydrogen) atoms. The number of fused-ring (bicyclic) bond motifs is 1. The van der Waals surface area contributed by atoms with Gasteiger partial charge >= 0.3 is 0 Å². The van der Waals surface area contributed by atoms with Crippen molar-refractivity contribution in [1.29, 1.82) is 0 Å². The number of rotatable bonds is 7. The van der Waals surface area contributed by atoms with E-state index in [0.29, 0.717) is 39.7 Å². The van der Waals surface area contributed by atoms with E-state index in [2.05, 4.69) is 9.97 Å². The first-order valence-electron chi connectivity index (χ1n) is 9.41. The van der Waals surface area contributed by atoms with Gasteiger partial charge in [0.05, 0.1) is 20.4 Å². The van der Waals surface area contributed by atoms with Crippen LogP contribution in [-0.2, 0) is 13.0 Å². The van der Waals surface area contributed by atoms with Gasteiger partial charge in [-0.3, -0.25) is 0 Å². The summed E-state index contributed by atoms with van der Waals surface area (Å²) >= 11 is 5.77. The zero-order chi connectivity index (χ0) is 22.0. The van der Waals surface area contributed by atoms with Crippen LogP contribution in [0, 0.1) is 11.6 Å². The average molecular weight is 445 g/mol. The van der Waals surface area contributed by atoms with E-state index in [1.54, 1.807) is 31.6 Å². The lowest BCUT2D eigenvalue weighted by Gasteiger charge is -2.14. The number of methoxy groups -OCH3 is 2. The molecule has 5 nitrogen and oxygen atoms in total. The molecule has 0 radical (unpaired) electrons. The molecule has 0 aliphatic heterocycles. The van der Waals surface area contributed by atoms with Gasteiger partial charge in [0.15, 0.2) is 11.5 Å². The lowest BCUT2D eigenvalue weighted by atomic mass is 10.0. The van der Waals surface area contributed by atoms with Gasteiger partial charge in [-0.1, -0.05) is 17.7 Å². The molecule has 0 aliphatic rings. The summed E-state index contributed by atoms with van der Waals surface area (Å²) in [6.45, 7) is -0.0912. The number of aromatic nitrogens is 2. The van der Waals surface area contributed by atoms with E-state index in [4.69, 9.17) is 25.8 Å². The number of pyridine rings is 1. The van der Waals surface area contributed by atoms with E-state index in [0.717, 1.165) is 10.9 Å². The molecular formula is C23H19ClF2N2O3. The number of hydrogen-bond donors (Lipinski definition) is 1. The van der Waals surface area contributed by atoms with Crippen LogP contribution in [0.4, 0.5) is 8.78 Å². The van der Waals surface area contributed by atoms with E-state index in [-0.39, 0.29) is 12.4 Å². The Bertz CT molecular complexity index is 1240. The molecule has 0 bridgehead atoms. The van der Waals surface area contributed by atoms with Crippen molar-refractivity contribution in [2.75, 3.05) is 14.2 Å². The largest absolute Gasteiger partial charge is 0.495 e. The highest BCUT2D eigenvalue weighted by Gasteiger charge is 2.15. The molecule has 0 spiro atoms. The lowest BCUT2D eigenvalue weighted by molar-refractivity contribution is 0.278. The minimum absolute atomic E-state index is 0.0912. The van der Waals surface area contributed by atoms with Crippen molar-refractivity contribution in [3.8, 4) is 17.2 Å². The molecule has 1 N–H and O–H groups in total. The second-order valence-corrected chi connectivity index (χ2v) is 7.32. The predicted molar refractivity (Wildman–Crippen MR) is 114 cm³/mol. The molecule has 0 aliphatic carbocycles. The van der Waals surface area contributed by atoms with Gasteiger partial charge in [-0.05, 0) is 35.4 Å². The third kappa shape index (κ3) is 4.41. The van der Waals surface area contributed by atoms with Gasteiger partial charge in [0.25, 0.3) is 0 Å². The van der Waals surface area contributed by atoms with E-state index < -0.39 is 11.6 Å². The van der Waals surface area contributed by atoms with Crippen LogP contribution < -0.4 is 14.2 Å². The van der Waals surface area contributed by atoms with Crippen molar-refractivity contribution >= 4 is 22.6 Å². The van der Waals surface area contributed by atoms with Crippen LogP contribution in [0.2, 0.25) is 5.02 Å². The maximum atomic E-state index is 14.9. The number of aromatic amines is 1. The molecule has 2 aromatic carbocycles. The van der Waals surface area contributed by atoms with Crippen LogP contribution >= 0.6 is 11.6 Å². The first-order valence-corrected chi connectivity index (χ1v) is 9.79. The zero-order valence-corrected chi connectivity index (χ0v) is 17.6. The van der Waals surface area contributed by atoms with Crippen molar-refractivity contribution in [3.63, 3.8) is 0 Å². The van der Waals surface area contributed by atoms with Crippen LogP contribution in [0.5, 0.6) is 17.2 Å². The van der Waals surface area contributed by atoms with Gasteiger partial charge in [0.2, 0.25) is 0 Å². The molecule has 8 heteroatoms. The molecule has 0 saturated carbocycles. The number of H-pyrrole nitrogens is 1. The van der Waals surface area contributed by atoms with Crippen molar-refractivity contribution in [1.82, 2.24) is 9.97 Å². The van der Waals surface area contributed by atoms with E-state index in [1.165, 1.54) is 25.3 Å². The smallest absolute Gasteiger partial charge is 0.164 e. The summed E-state index contributed by atoms with van der Waals surface area (Å²) in [5, 5.41) is 1.13. The monoisotopic (exact) mass is 444 g/mol. The fourth-order valence-corrected chi connectivity index (χ4v) is 3.44. The van der Waals surface area contributed by atoms with Gasteiger partial charge < -0.3 is 19.2 Å². The van der Waals surface area contributed by atoms with Crippen LogP contribution in [0.15, 0.2) is 48.8 Å². The number of ether oxygens (including phenoxy) is 3. The molecule has 0 fully saturated rings. The molecule has 2 heterocycles. The molecule has 0 atom stereocenters. The summed E-state index contributed by atoms with van der Waals surface area (Å²) in [7, 11) is 3.03. The van der Waals surface area contributed by atoms with Crippen molar-refractivity contribution in [2.24, 2.45) is 0 Å². The molecule has 160 valence electrons. The van der Waals surface area contributed by atoms with Crippen LogP contribution in [0.3, 0.4) is 0 Å². The molecule has 4 rings (SSSR count). The Labute approximate surface area is 182 Å². The van der Waals surface area contributed by atoms with E-state index in [1.807, 2.05) is 6.07 Å². The Hall–Kier alpha value is -3.32. The van der Waals surface area contributed by atoms with Crippen molar-refractivity contribution in [3.05, 3.63) is 82.1 Å². The standard InChI is InChI=1S/C23H19ClF2N2O3/c1-29-17-8-18-15(10-27-23(18)28-11-17)5-14-6-21(30-2)22(9-20(14)26)31-12-13-3-4-16(24)7-19(13)25/h3-4,6-11H,5,12H2,1-2H3,(H,27,28). The second kappa shape index (κ2) is 8.81. The Balaban J connectivity index is 1.59. The number of nitrogens with zero attached hydrogens (tertiary/aromatic N) is 1. The highest BCUT2D eigenvalue weighted by Crippen LogP contribution is 2.33. The quantitative estimate of drug-likeness (QED) is 0.398. The number of halogens is 3. The number of benzene rings is 2. The fourth-order valence-electron chi connectivity index (χ4n) is 3.28. The third-order valence-electron chi connectivity index (χ3n) is 4.94. The van der Waals surface area contributed by atoms with Crippen LogP contribution in [0.1, 0.15) is 16.7 Å². The van der Waals surface area contributed by atoms with Gasteiger partial charge in [0.1, 0.15) is 29.6 Å². The highest BCUT2D eigenvalue weighted by atomic mass is 35.5. The molecule has 0 unspecified atom stereocenters. The molecule has 4 aromatic rings. The Kier molecular flexibility index (Phi) is 5.95. The van der Waals surface area contributed by atoms with Crippen LogP contribution in [-0.4, -0.2) is 24.2 Å². The minimum Gasteiger partial charge on any atom is -0.495 e. The maximum Gasteiger partial charge on any atom is 0.164 e. The predicted octanol–water partition coefficient (Wildman–Crippen LogP) is 5.68.